The molecule has 22 heavy (non-hydrogen) atoms. The fourth-order valence-corrected chi connectivity index (χ4v) is 3.46. The summed E-state index contributed by atoms with van der Waals surface area (Å²) in [6.07, 6.45) is 0. The molecule has 1 aromatic carbocycles. The van der Waals surface area contributed by atoms with Gasteiger partial charge >= 0.3 is 0 Å². The van der Waals surface area contributed by atoms with Gasteiger partial charge in [-0.25, -0.2) is 9.97 Å². The summed E-state index contributed by atoms with van der Waals surface area (Å²) in [5.74, 6) is -0.221. The largest absolute Gasteiger partial charge is 0.296 e. The van der Waals surface area contributed by atoms with Crippen molar-refractivity contribution in [3.05, 3.63) is 50.8 Å². The quantitative estimate of drug-likeness (QED) is 0.772. The molecule has 112 valence electrons. The van der Waals surface area contributed by atoms with Gasteiger partial charge < -0.3 is 0 Å². The zero-order valence-corrected chi connectivity index (χ0v) is 14.1. The van der Waals surface area contributed by atoms with Crippen LogP contribution in [0.4, 0.5) is 5.13 Å². The Kier molecular flexibility index (Phi) is 4.04. The van der Waals surface area contributed by atoms with Gasteiger partial charge in [0.05, 0.1) is 11.2 Å². The molecule has 6 heteroatoms. The van der Waals surface area contributed by atoms with Gasteiger partial charge in [0, 0.05) is 15.8 Å². The molecule has 0 saturated carbocycles. The van der Waals surface area contributed by atoms with Crippen molar-refractivity contribution in [2.45, 2.75) is 20.8 Å². The van der Waals surface area contributed by atoms with E-state index in [1.807, 2.05) is 6.92 Å². The lowest BCUT2D eigenvalue weighted by atomic mass is 10.0. The van der Waals surface area contributed by atoms with Crippen molar-refractivity contribution in [2.75, 3.05) is 5.32 Å². The van der Waals surface area contributed by atoms with E-state index < -0.39 is 0 Å². The van der Waals surface area contributed by atoms with Gasteiger partial charge in [-0.15, -0.1) is 22.7 Å². The topological polar surface area (TPSA) is 54.9 Å². The predicted octanol–water partition coefficient (Wildman–Crippen LogP) is 4.44. The van der Waals surface area contributed by atoms with Crippen LogP contribution < -0.4 is 5.32 Å². The maximum absolute atomic E-state index is 12.0. The smallest absolute Gasteiger partial charge is 0.276 e. The van der Waals surface area contributed by atoms with Crippen molar-refractivity contribution in [1.82, 2.24) is 9.97 Å². The highest BCUT2D eigenvalue weighted by Gasteiger charge is 2.14. The Hall–Kier alpha value is -2.05. The second-order valence-electron chi connectivity index (χ2n) is 5.05. The molecule has 2 heterocycles. The summed E-state index contributed by atoms with van der Waals surface area (Å²) in [6, 6.07) is 6.29. The molecule has 3 rings (SSSR count). The summed E-state index contributed by atoms with van der Waals surface area (Å²) in [5, 5.41) is 5.14. The molecule has 0 unspecified atom stereocenters. The number of thiazole rings is 2. The van der Waals surface area contributed by atoms with Crippen LogP contribution in [0.15, 0.2) is 29.1 Å². The van der Waals surface area contributed by atoms with Crippen molar-refractivity contribution < 1.29 is 4.79 Å². The number of carbonyl (C=O) groups excluding carboxylic acids is 1. The fourth-order valence-electron chi connectivity index (χ4n) is 2.09. The molecular formula is C16H15N3OS2. The van der Waals surface area contributed by atoms with Crippen LogP contribution in [0.25, 0.3) is 11.3 Å². The number of hydrogen-bond donors (Lipinski definition) is 1. The minimum absolute atomic E-state index is 0.221. The third-order valence-corrected chi connectivity index (χ3v) is 4.94. The minimum atomic E-state index is -0.221. The molecule has 0 spiro atoms. The van der Waals surface area contributed by atoms with Crippen LogP contribution in [-0.4, -0.2) is 15.9 Å². The zero-order valence-electron chi connectivity index (χ0n) is 12.5. The standard InChI is InChI=1S/C16H15N3OS2/c1-9-4-5-12(6-10(9)2)14-11(3)22-16(18-14)19-15(20)13-7-21-8-17-13/h4-8H,1-3H3,(H,18,19,20). The summed E-state index contributed by atoms with van der Waals surface area (Å²) < 4.78 is 0. The van der Waals surface area contributed by atoms with E-state index in [0.29, 0.717) is 10.8 Å². The molecule has 3 aromatic rings. The van der Waals surface area contributed by atoms with E-state index in [1.54, 1.807) is 10.9 Å². The number of rotatable bonds is 3. The Balaban J connectivity index is 1.87. The lowest BCUT2D eigenvalue weighted by Gasteiger charge is -2.03. The summed E-state index contributed by atoms with van der Waals surface area (Å²) in [7, 11) is 0. The van der Waals surface area contributed by atoms with Crippen LogP contribution in [-0.2, 0) is 0 Å². The number of aryl methyl sites for hydroxylation is 3. The maximum atomic E-state index is 12.0. The molecule has 0 aliphatic rings. The Bertz CT molecular complexity index is 822. The summed E-state index contributed by atoms with van der Waals surface area (Å²) in [5.41, 5.74) is 6.55. The molecule has 0 aliphatic heterocycles. The van der Waals surface area contributed by atoms with E-state index in [0.717, 1.165) is 16.1 Å². The van der Waals surface area contributed by atoms with Crippen molar-refractivity contribution in [2.24, 2.45) is 0 Å². The summed E-state index contributed by atoms with van der Waals surface area (Å²) in [4.78, 5) is 21.7. The average Bonchev–Trinajstić information content (AvgIpc) is 3.12. The van der Waals surface area contributed by atoms with Gasteiger partial charge in [0.25, 0.3) is 5.91 Å². The Morgan fingerprint density at radius 1 is 1.18 bits per heavy atom. The highest BCUT2D eigenvalue weighted by molar-refractivity contribution is 7.16. The number of amides is 1. The Labute approximate surface area is 136 Å². The Morgan fingerprint density at radius 3 is 2.68 bits per heavy atom. The van der Waals surface area contributed by atoms with E-state index in [9.17, 15) is 4.79 Å². The molecule has 1 N–H and O–H groups in total. The molecule has 0 bridgehead atoms. The normalized spacial score (nSPS) is 10.7. The number of carbonyl (C=O) groups is 1. The third-order valence-electron chi connectivity index (χ3n) is 3.46. The van der Waals surface area contributed by atoms with Crippen molar-refractivity contribution in [3.8, 4) is 11.3 Å². The van der Waals surface area contributed by atoms with Crippen molar-refractivity contribution >= 4 is 33.7 Å². The van der Waals surface area contributed by atoms with E-state index in [1.165, 1.54) is 33.8 Å². The van der Waals surface area contributed by atoms with Crippen LogP contribution in [0.3, 0.4) is 0 Å². The van der Waals surface area contributed by atoms with E-state index in [2.05, 4.69) is 47.3 Å². The van der Waals surface area contributed by atoms with Gasteiger partial charge in [-0.3, -0.25) is 10.1 Å². The van der Waals surface area contributed by atoms with Gasteiger partial charge in [0.2, 0.25) is 0 Å². The average molecular weight is 329 g/mol. The third kappa shape index (κ3) is 2.93. The first-order valence-corrected chi connectivity index (χ1v) is 8.55. The van der Waals surface area contributed by atoms with Crippen LogP contribution in [0.5, 0.6) is 0 Å². The second kappa shape index (κ2) is 5.98. The Morgan fingerprint density at radius 2 is 2.00 bits per heavy atom. The second-order valence-corrected chi connectivity index (χ2v) is 6.97. The van der Waals surface area contributed by atoms with Crippen LogP contribution in [0, 0.1) is 20.8 Å². The van der Waals surface area contributed by atoms with Crippen molar-refractivity contribution in [3.63, 3.8) is 0 Å². The first-order valence-electron chi connectivity index (χ1n) is 6.79. The first-order chi connectivity index (χ1) is 10.5. The monoisotopic (exact) mass is 329 g/mol. The van der Waals surface area contributed by atoms with Gasteiger partial charge in [-0.1, -0.05) is 12.1 Å². The van der Waals surface area contributed by atoms with Gasteiger partial charge in [0.1, 0.15) is 5.69 Å². The van der Waals surface area contributed by atoms with Gasteiger partial charge in [-0.2, -0.15) is 0 Å². The van der Waals surface area contributed by atoms with Crippen LogP contribution in [0.2, 0.25) is 0 Å². The van der Waals surface area contributed by atoms with Gasteiger partial charge in [-0.05, 0) is 38.0 Å². The SMILES string of the molecule is Cc1ccc(-c2nc(NC(=O)c3cscn3)sc2C)cc1C. The minimum Gasteiger partial charge on any atom is -0.296 e. The summed E-state index contributed by atoms with van der Waals surface area (Å²) in [6.45, 7) is 6.19. The lowest BCUT2D eigenvalue weighted by Crippen LogP contribution is -2.11. The molecule has 0 aliphatic carbocycles. The zero-order chi connectivity index (χ0) is 15.7. The number of nitrogens with one attached hydrogen (secondary N) is 1. The molecule has 0 atom stereocenters. The first kappa shape index (κ1) is 14.9. The molecule has 0 fully saturated rings. The number of hydrogen-bond acceptors (Lipinski definition) is 5. The molecular weight excluding hydrogens is 314 g/mol. The number of nitrogens with zero attached hydrogens (tertiary/aromatic N) is 2. The maximum Gasteiger partial charge on any atom is 0.276 e. The van der Waals surface area contributed by atoms with E-state index in [4.69, 9.17) is 0 Å². The molecule has 2 aromatic heterocycles. The van der Waals surface area contributed by atoms with Crippen molar-refractivity contribution in [1.29, 1.82) is 0 Å². The predicted molar refractivity (Wildman–Crippen MR) is 91.8 cm³/mol. The molecule has 1 amide bonds. The lowest BCUT2D eigenvalue weighted by molar-refractivity contribution is 0.102. The van der Waals surface area contributed by atoms with Crippen LogP contribution >= 0.6 is 22.7 Å². The number of anilines is 1. The highest BCUT2D eigenvalue weighted by atomic mass is 32.1. The number of aromatic nitrogens is 2. The molecule has 4 nitrogen and oxygen atoms in total. The summed E-state index contributed by atoms with van der Waals surface area (Å²) >= 11 is 2.88. The van der Waals surface area contributed by atoms with E-state index >= 15 is 0 Å². The highest BCUT2D eigenvalue weighted by Crippen LogP contribution is 2.31. The van der Waals surface area contributed by atoms with Crippen LogP contribution in [0.1, 0.15) is 26.5 Å². The van der Waals surface area contributed by atoms with Gasteiger partial charge in [0.15, 0.2) is 5.13 Å². The molecule has 0 radical (unpaired) electrons. The number of benzene rings is 1. The molecule has 0 saturated heterocycles. The van der Waals surface area contributed by atoms with E-state index in [-0.39, 0.29) is 5.91 Å². The fraction of sp³-hybridized carbons (Fsp3) is 0.188.